The maximum absolute atomic E-state index is 12.3. The molecule has 0 atom stereocenters. The molecule has 1 aliphatic carbocycles. The zero-order chi connectivity index (χ0) is 22.6. The summed E-state index contributed by atoms with van der Waals surface area (Å²) in [6.07, 6.45) is 4.38. The number of hydrogen-bond acceptors (Lipinski definition) is 3. The van der Waals surface area contributed by atoms with Gasteiger partial charge in [0.25, 0.3) is 0 Å². The van der Waals surface area contributed by atoms with Crippen molar-refractivity contribution >= 4 is 22.9 Å². The lowest BCUT2D eigenvalue weighted by Crippen LogP contribution is -2.26. The van der Waals surface area contributed by atoms with Crippen molar-refractivity contribution in [1.82, 2.24) is 5.32 Å². The molecule has 5 rings (SSSR count). The van der Waals surface area contributed by atoms with E-state index in [2.05, 4.69) is 35.6 Å². The van der Waals surface area contributed by atoms with Gasteiger partial charge < -0.3 is 15.2 Å². The number of alkyl carbamates (subject to hydrolysis) is 1. The highest BCUT2D eigenvalue weighted by Crippen LogP contribution is 2.44. The molecule has 1 amide bonds. The molecule has 0 unspecified atom stereocenters. The molecule has 4 nitrogen and oxygen atoms in total. The fourth-order valence-corrected chi connectivity index (χ4v) is 4.48. The third-order valence-electron chi connectivity index (χ3n) is 6.08. The number of rotatable bonds is 6. The number of fused-ring (bicyclic) bond motifs is 4. The predicted molar refractivity (Wildman–Crippen MR) is 132 cm³/mol. The Morgan fingerprint density at radius 1 is 0.879 bits per heavy atom. The van der Waals surface area contributed by atoms with Crippen molar-refractivity contribution in [2.45, 2.75) is 12.3 Å². The molecule has 164 valence electrons. The fourth-order valence-electron chi connectivity index (χ4n) is 4.48. The van der Waals surface area contributed by atoms with Crippen LogP contribution in [0.5, 0.6) is 5.75 Å². The topological polar surface area (TPSA) is 58.6 Å². The van der Waals surface area contributed by atoms with Gasteiger partial charge in [-0.05, 0) is 63.2 Å². The van der Waals surface area contributed by atoms with Gasteiger partial charge in [-0.2, -0.15) is 0 Å². The van der Waals surface area contributed by atoms with Gasteiger partial charge in [-0.25, -0.2) is 4.79 Å². The molecule has 0 radical (unpaired) electrons. The Labute approximate surface area is 193 Å². The first kappa shape index (κ1) is 20.8. The lowest BCUT2D eigenvalue weighted by molar-refractivity contribution is 0.143. The number of phenols is 1. The normalized spacial score (nSPS) is 12.6. The summed E-state index contributed by atoms with van der Waals surface area (Å²) >= 11 is 0. The van der Waals surface area contributed by atoms with E-state index in [1.807, 2.05) is 54.6 Å². The van der Waals surface area contributed by atoms with E-state index < -0.39 is 6.09 Å². The summed E-state index contributed by atoms with van der Waals surface area (Å²) in [4.78, 5) is 12.3. The van der Waals surface area contributed by atoms with Gasteiger partial charge in [-0.15, -0.1) is 0 Å². The second-order valence-electron chi connectivity index (χ2n) is 8.23. The van der Waals surface area contributed by atoms with E-state index in [-0.39, 0.29) is 11.7 Å². The molecule has 1 aliphatic rings. The molecule has 0 heterocycles. The maximum Gasteiger partial charge on any atom is 0.407 e. The number of ether oxygens (including phenoxy) is 1. The molecule has 2 N–H and O–H groups in total. The number of phenolic OH excluding ortho intramolecular Hbond substituents is 1. The highest BCUT2D eigenvalue weighted by molar-refractivity contribution is 5.86. The van der Waals surface area contributed by atoms with E-state index in [0.717, 1.165) is 16.3 Å². The minimum absolute atomic E-state index is 0.0675. The molecule has 0 spiro atoms. The van der Waals surface area contributed by atoms with Gasteiger partial charge in [-0.3, -0.25) is 0 Å². The van der Waals surface area contributed by atoms with Crippen molar-refractivity contribution in [1.29, 1.82) is 0 Å². The average molecular weight is 436 g/mol. The highest BCUT2D eigenvalue weighted by atomic mass is 16.5. The van der Waals surface area contributed by atoms with Crippen molar-refractivity contribution < 1.29 is 14.6 Å². The largest absolute Gasteiger partial charge is 0.508 e. The van der Waals surface area contributed by atoms with Crippen LogP contribution in [0.4, 0.5) is 4.79 Å². The second kappa shape index (κ2) is 9.21. The Kier molecular flexibility index (Phi) is 5.81. The lowest BCUT2D eigenvalue weighted by atomic mass is 9.98. The maximum atomic E-state index is 12.3. The molecule has 0 fully saturated rings. The molecular weight excluding hydrogens is 410 g/mol. The lowest BCUT2D eigenvalue weighted by Gasteiger charge is -2.14. The Hall–Kier alpha value is -4.05. The zero-order valence-electron chi connectivity index (χ0n) is 18.2. The second-order valence-corrected chi connectivity index (χ2v) is 8.23. The Balaban J connectivity index is 1.12. The highest BCUT2D eigenvalue weighted by Gasteiger charge is 2.28. The first-order valence-corrected chi connectivity index (χ1v) is 11.2. The smallest absolute Gasteiger partial charge is 0.407 e. The molecular formula is C29H25NO3. The number of carbonyl (C=O) groups excluding carboxylic acids is 1. The summed E-state index contributed by atoms with van der Waals surface area (Å²) in [6.45, 7) is 0.830. The van der Waals surface area contributed by atoms with Gasteiger partial charge in [0.05, 0.1) is 0 Å². The first-order chi connectivity index (χ1) is 16.2. The molecule has 0 saturated carbocycles. The van der Waals surface area contributed by atoms with E-state index in [1.54, 1.807) is 12.1 Å². The molecule has 4 heteroatoms. The van der Waals surface area contributed by atoms with Crippen LogP contribution in [0.2, 0.25) is 0 Å². The van der Waals surface area contributed by atoms with Gasteiger partial charge in [-0.1, -0.05) is 78.9 Å². The first-order valence-electron chi connectivity index (χ1n) is 11.2. The van der Waals surface area contributed by atoms with E-state index in [9.17, 15) is 9.90 Å². The Morgan fingerprint density at radius 2 is 1.55 bits per heavy atom. The summed E-state index contributed by atoms with van der Waals surface area (Å²) in [6, 6.07) is 28.0. The van der Waals surface area contributed by atoms with Crippen LogP contribution in [0.3, 0.4) is 0 Å². The fraction of sp³-hybridized carbons (Fsp3) is 0.138. The van der Waals surface area contributed by atoms with Crippen LogP contribution in [0.15, 0.2) is 91.0 Å². The summed E-state index contributed by atoms with van der Waals surface area (Å²) in [5, 5.41) is 14.5. The SMILES string of the molecule is O=C(NCCC=Cc1ccc2cc(O)ccc2c1)OCC1c2ccccc2-c2ccccc21. The van der Waals surface area contributed by atoms with Crippen molar-refractivity contribution in [3.8, 4) is 16.9 Å². The standard InChI is InChI=1S/C29H25NO3/c31-23-15-14-21-17-20(12-13-22(21)18-23)7-5-6-16-30-29(32)33-19-28-26-10-3-1-8-24(26)25-9-2-4-11-27(25)28/h1-5,7-15,17-18,28,31H,6,16,19H2,(H,30,32). The van der Waals surface area contributed by atoms with Gasteiger partial charge >= 0.3 is 6.09 Å². The minimum atomic E-state index is -0.393. The van der Waals surface area contributed by atoms with E-state index >= 15 is 0 Å². The molecule has 0 aliphatic heterocycles. The van der Waals surface area contributed by atoms with Crippen molar-refractivity contribution in [2.75, 3.05) is 13.2 Å². The van der Waals surface area contributed by atoms with E-state index in [0.29, 0.717) is 19.6 Å². The van der Waals surface area contributed by atoms with Crippen LogP contribution in [0.1, 0.15) is 29.0 Å². The monoisotopic (exact) mass is 435 g/mol. The van der Waals surface area contributed by atoms with E-state index in [4.69, 9.17) is 4.74 Å². The summed E-state index contributed by atoms with van der Waals surface area (Å²) in [7, 11) is 0. The van der Waals surface area contributed by atoms with Gasteiger partial charge in [0, 0.05) is 12.5 Å². The summed E-state index contributed by atoms with van der Waals surface area (Å²) in [5.41, 5.74) is 5.94. The van der Waals surface area contributed by atoms with Gasteiger partial charge in [0.1, 0.15) is 12.4 Å². The molecule has 4 aromatic rings. The molecule has 4 aromatic carbocycles. The molecule has 0 bridgehead atoms. The number of benzene rings is 4. The van der Waals surface area contributed by atoms with Crippen molar-refractivity contribution in [2.24, 2.45) is 0 Å². The van der Waals surface area contributed by atoms with Crippen LogP contribution >= 0.6 is 0 Å². The van der Waals surface area contributed by atoms with Gasteiger partial charge in [0.15, 0.2) is 0 Å². The minimum Gasteiger partial charge on any atom is -0.508 e. The number of hydrogen-bond donors (Lipinski definition) is 2. The molecule has 33 heavy (non-hydrogen) atoms. The number of aromatic hydroxyl groups is 1. The van der Waals surface area contributed by atoms with Crippen molar-refractivity contribution in [3.05, 3.63) is 108 Å². The molecule has 0 aromatic heterocycles. The van der Waals surface area contributed by atoms with Crippen molar-refractivity contribution in [3.63, 3.8) is 0 Å². The number of nitrogens with one attached hydrogen (secondary N) is 1. The van der Waals surface area contributed by atoms with Crippen LogP contribution in [0.25, 0.3) is 28.0 Å². The summed E-state index contributed by atoms with van der Waals surface area (Å²) < 4.78 is 5.57. The summed E-state index contributed by atoms with van der Waals surface area (Å²) in [5.74, 6) is 0.336. The van der Waals surface area contributed by atoms with Crippen LogP contribution in [0, 0.1) is 0 Å². The predicted octanol–water partition coefficient (Wildman–Crippen LogP) is 6.49. The van der Waals surface area contributed by atoms with Gasteiger partial charge in [0.2, 0.25) is 0 Å². The third-order valence-corrected chi connectivity index (χ3v) is 6.08. The van der Waals surface area contributed by atoms with Crippen LogP contribution in [-0.2, 0) is 4.74 Å². The number of amides is 1. The van der Waals surface area contributed by atoms with Crippen LogP contribution < -0.4 is 5.32 Å². The van der Waals surface area contributed by atoms with E-state index in [1.165, 1.54) is 22.3 Å². The quantitative estimate of drug-likeness (QED) is 0.341. The van der Waals surface area contributed by atoms with Crippen LogP contribution in [-0.4, -0.2) is 24.4 Å². The number of carbonyl (C=O) groups is 1. The Morgan fingerprint density at radius 3 is 2.30 bits per heavy atom. The Bertz CT molecular complexity index is 1300. The zero-order valence-corrected chi connectivity index (χ0v) is 18.2. The molecule has 0 saturated heterocycles. The third kappa shape index (κ3) is 4.46. The average Bonchev–Trinajstić information content (AvgIpc) is 3.16.